The normalized spacial score (nSPS) is 17.5. The lowest BCUT2D eigenvalue weighted by atomic mass is 9.90. The van der Waals surface area contributed by atoms with E-state index in [9.17, 15) is 14.9 Å². The molecule has 24 heavy (non-hydrogen) atoms. The third-order valence-electron chi connectivity index (χ3n) is 4.18. The molecule has 1 aliphatic rings. The van der Waals surface area contributed by atoms with Crippen molar-refractivity contribution >= 4 is 17.5 Å². The number of piperidine rings is 1. The largest absolute Gasteiger partial charge is 0.476 e. The van der Waals surface area contributed by atoms with Crippen molar-refractivity contribution in [3.63, 3.8) is 0 Å². The molecule has 1 N–H and O–H groups in total. The molecule has 0 amide bonds. The molecule has 3 rings (SSSR count). The highest BCUT2D eigenvalue weighted by Gasteiger charge is 2.23. The molecule has 2 heterocycles. The second-order valence-corrected chi connectivity index (χ2v) is 5.70. The van der Waals surface area contributed by atoms with Crippen LogP contribution in [0.4, 0.5) is 11.5 Å². The fourth-order valence-electron chi connectivity index (χ4n) is 2.92. The number of rotatable bonds is 4. The summed E-state index contributed by atoms with van der Waals surface area (Å²) in [5.41, 5.74) is 1.06. The SMILES string of the molecule is O=C(O)c1cnc(N2CCCC(c3ccc([N+](=O)[O-])cc3)C2)cn1. The van der Waals surface area contributed by atoms with Crippen LogP contribution in [0.5, 0.6) is 0 Å². The number of non-ortho nitro benzene ring substituents is 1. The predicted molar refractivity (Wildman–Crippen MR) is 86.3 cm³/mol. The third kappa shape index (κ3) is 3.32. The Morgan fingerprint density at radius 2 is 2.00 bits per heavy atom. The Morgan fingerprint density at radius 1 is 1.25 bits per heavy atom. The topological polar surface area (TPSA) is 109 Å². The van der Waals surface area contributed by atoms with E-state index in [1.54, 1.807) is 12.1 Å². The van der Waals surface area contributed by atoms with Gasteiger partial charge in [0.1, 0.15) is 5.82 Å². The van der Waals surface area contributed by atoms with Crippen molar-refractivity contribution in [1.82, 2.24) is 9.97 Å². The summed E-state index contributed by atoms with van der Waals surface area (Å²) in [7, 11) is 0. The number of aromatic carboxylic acids is 1. The van der Waals surface area contributed by atoms with Crippen LogP contribution in [-0.4, -0.2) is 39.1 Å². The van der Waals surface area contributed by atoms with Crippen molar-refractivity contribution in [2.24, 2.45) is 0 Å². The highest BCUT2D eigenvalue weighted by molar-refractivity contribution is 5.84. The van der Waals surface area contributed by atoms with Crippen LogP contribution in [0.25, 0.3) is 0 Å². The molecule has 0 saturated carbocycles. The molecule has 1 aromatic carbocycles. The van der Waals surface area contributed by atoms with Gasteiger partial charge in [-0.2, -0.15) is 0 Å². The van der Waals surface area contributed by atoms with Crippen molar-refractivity contribution in [3.8, 4) is 0 Å². The number of aromatic nitrogens is 2. The minimum Gasteiger partial charge on any atom is -0.476 e. The standard InChI is InChI=1S/C16H16N4O4/c21-16(22)14-8-18-15(9-17-14)19-7-1-2-12(10-19)11-3-5-13(6-4-11)20(23)24/h3-6,8-9,12H,1-2,7,10H2,(H,21,22). The predicted octanol–water partition coefficient (Wildman–Crippen LogP) is 2.47. The second kappa shape index (κ2) is 6.61. The maximum atomic E-state index is 10.8. The minimum absolute atomic E-state index is 0.0809. The number of nitro groups is 1. The molecule has 2 aromatic rings. The van der Waals surface area contributed by atoms with Crippen LogP contribution >= 0.6 is 0 Å². The minimum atomic E-state index is -1.10. The van der Waals surface area contributed by atoms with Crippen LogP contribution < -0.4 is 4.90 Å². The van der Waals surface area contributed by atoms with E-state index in [-0.39, 0.29) is 17.3 Å². The number of hydrogen-bond acceptors (Lipinski definition) is 6. The number of anilines is 1. The van der Waals surface area contributed by atoms with Gasteiger partial charge < -0.3 is 10.0 Å². The van der Waals surface area contributed by atoms with Gasteiger partial charge in [0.2, 0.25) is 0 Å². The van der Waals surface area contributed by atoms with Gasteiger partial charge in [0.25, 0.3) is 5.69 Å². The highest BCUT2D eigenvalue weighted by Crippen LogP contribution is 2.30. The third-order valence-corrected chi connectivity index (χ3v) is 4.18. The van der Waals surface area contributed by atoms with Crippen molar-refractivity contribution in [2.75, 3.05) is 18.0 Å². The molecule has 0 aliphatic carbocycles. The fourth-order valence-corrected chi connectivity index (χ4v) is 2.92. The van der Waals surface area contributed by atoms with Gasteiger partial charge in [0.05, 0.1) is 17.3 Å². The molecule has 0 bridgehead atoms. The van der Waals surface area contributed by atoms with Crippen LogP contribution in [0.2, 0.25) is 0 Å². The lowest BCUT2D eigenvalue weighted by Gasteiger charge is -2.33. The quantitative estimate of drug-likeness (QED) is 0.678. The number of hydrogen-bond donors (Lipinski definition) is 1. The lowest BCUT2D eigenvalue weighted by molar-refractivity contribution is -0.384. The van der Waals surface area contributed by atoms with Crippen molar-refractivity contribution < 1.29 is 14.8 Å². The van der Waals surface area contributed by atoms with Gasteiger partial charge in [-0.25, -0.2) is 14.8 Å². The Hall–Kier alpha value is -3.03. The summed E-state index contributed by atoms with van der Waals surface area (Å²) in [6, 6.07) is 6.64. The van der Waals surface area contributed by atoms with E-state index in [4.69, 9.17) is 5.11 Å². The molecule has 8 nitrogen and oxygen atoms in total. The van der Waals surface area contributed by atoms with Crippen LogP contribution in [-0.2, 0) is 0 Å². The van der Waals surface area contributed by atoms with Crippen LogP contribution in [0.3, 0.4) is 0 Å². The van der Waals surface area contributed by atoms with E-state index in [2.05, 4.69) is 14.9 Å². The molecule has 8 heteroatoms. The molecule has 1 fully saturated rings. The van der Waals surface area contributed by atoms with Crippen LogP contribution in [0, 0.1) is 10.1 Å². The number of carbonyl (C=O) groups is 1. The molecule has 1 atom stereocenters. The van der Waals surface area contributed by atoms with Crippen molar-refractivity contribution in [3.05, 3.63) is 58.0 Å². The number of carboxylic acids is 1. The smallest absolute Gasteiger partial charge is 0.356 e. The van der Waals surface area contributed by atoms with Crippen LogP contribution in [0.1, 0.15) is 34.8 Å². The first kappa shape index (κ1) is 15.9. The summed E-state index contributed by atoms with van der Waals surface area (Å²) in [5.74, 6) is -0.205. The zero-order chi connectivity index (χ0) is 17.1. The van der Waals surface area contributed by atoms with E-state index >= 15 is 0 Å². The lowest BCUT2D eigenvalue weighted by Crippen LogP contribution is -2.35. The van der Waals surface area contributed by atoms with Gasteiger partial charge in [-0.3, -0.25) is 10.1 Å². The van der Waals surface area contributed by atoms with Gasteiger partial charge >= 0.3 is 5.97 Å². The van der Waals surface area contributed by atoms with E-state index in [0.29, 0.717) is 5.82 Å². The summed E-state index contributed by atoms with van der Waals surface area (Å²) in [6.45, 7) is 1.55. The van der Waals surface area contributed by atoms with Crippen LogP contribution in [0.15, 0.2) is 36.7 Å². The maximum absolute atomic E-state index is 10.8. The monoisotopic (exact) mass is 328 g/mol. The Morgan fingerprint density at radius 3 is 2.58 bits per heavy atom. The number of nitrogens with zero attached hydrogens (tertiary/aromatic N) is 4. The molecule has 1 unspecified atom stereocenters. The summed E-state index contributed by atoms with van der Waals surface area (Å²) in [4.78, 5) is 31.3. The van der Waals surface area contributed by atoms with Gasteiger partial charge in [-0.15, -0.1) is 0 Å². The summed E-state index contributed by atoms with van der Waals surface area (Å²) in [6.07, 6.45) is 4.69. The Balaban J connectivity index is 1.74. The van der Waals surface area contributed by atoms with Gasteiger partial charge in [0.15, 0.2) is 5.69 Å². The van der Waals surface area contributed by atoms with Gasteiger partial charge in [-0.1, -0.05) is 12.1 Å². The zero-order valence-electron chi connectivity index (χ0n) is 12.8. The zero-order valence-corrected chi connectivity index (χ0v) is 12.8. The van der Waals surface area contributed by atoms with E-state index in [1.807, 2.05) is 0 Å². The number of benzene rings is 1. The van der Waals surface area contributed by atoms with Gasteiger partial charge in [-0.05, 0) is 18.4 Å². The average molecular weight is 328 g/mol. The van der Waals surface area contributed by atoms with Crippen molar-refractivity contribution in [2.45, 2.75) is 18.8 Å². The molecular formula is C16H16N4O4. The number of nitro benzene ring substituents is 1. The Kier molecular flexibility index (Phi) is 4.37. The molecule has 1 saturated heterocycles. The average Bonchev–Trinajstić information content (AvgIpc) is 2.62. The molecule has 0 spiro atoms. The van der Waals surface area contributed by atoms with E-state index < -0.39 is 10.9 Å². The first-order valence-corrected chi connectivity index (χ1v) is 7.59. The summed E-state index contributed by atoms with van der Waals surface area (Å²) in [5, 5.41) is 19.6. The molecule has 0 radical (unpaired) electrons. The first-order chi connectivity index (χ1) is 11.5. The second-order valence-electron chi connectivity index (χ2n) is 5.70. The van der Waals surface area contributed by atoms with E-state index in [0.717, 1.165) is 31.5 Å². The maximum Gasteiger partial charge on any atom is 0.356 e. The highest BCUT2D eigenvalue weighted by atomic mass is 16.6. The Labute approximate surface area is 137 Å². The summed E-state index contributed by atoms with van der Waals surface area (Å²) >= 11 is 0. The van der Waals surface area contributed by atoms with E-state index in [1.165, 1.54) is 24.5 Å². The number of carboxylic acid groups (broad SMARTS) is 1. The molecule has 1 aliphatic heterocycles. The molecule has 1 aromatic heterocycles. The molecular weight excluding hydrogens is 312 g/mol. The fraction of sp³-hybridized carbons (Fsp3) is 0.312. The van der Waals surface area contributed by atoms with Crippen molar-refractivity contribution in [1.29, 1.82) is 0 Å². The summed E-state index contributed by atoms with van der Waals surface area (Å²) < 4.78 is 0. The first-order valence-electron chi connectivity index (χ1n) is 7.59. The van der Waals surface area contributed by atoms with Gasteiger partial charge in [0, 0.05) is 31.1 Å². The Bertz CT molecular complexity index is 682. The molecule has 124 valence electrons.